The maximum Gasteiger partial charge on any atom is 1.00 e. The van der Waals surface area contributed by atoms with E-state index in [2.05, 4.69) is 6.92 Å². The summed E-state index contributed by atoms with van der Waals surface area (Å²) >= 11 is 0. The second kappa shape index (κ2) is 11.7. The third-order valence-electron chi connectivity index (χ3n) is 2.94. The van der Waals surface area contributed by atoms with Gasteiger partial charge in [-0.15, -0.1) is 0 Å². The van der Waals surface area contributed by atoms with E-state index in [4.69, 9.17) is 0 Å². The van der Waals surface area contributed by atoms with Crippen LogP contribution in [0.3, 0.4) is 0 Å². The number of rotatable bonds is 5. The first kappa shape index (κ1) is 17.0. The van der Waals surface area contributed by atoms with E-state index in [1.165, 1.54) is 57.8 Å². The molecule has 0 nitrogen and oxygen atoms in total. The average Bonchev–Trinajstić information content (AvgIpc) is 2.50. The second-order valence-electron chi connectivity index (χ2n) is 4.00. The summed E-state index contributed by atoms with van der Waals surface area (Å²) in [5, 5.41) is 0. The standard InChI is InChI=1S/C11H22.CH3.K/c1-2-3-4-5-8-11-9-6-7-10-11;;/h11H,2-10H2,1H3;1H3;/q;-1;+1. The molecule has 1 aliphatic rings. The Balaban J connectivity index is 0. The maximum absolute atomic E-state index is 2.29. The monoisotopic (exact) mass is 208 g/mol. The van der Waals surface area contributed by atoms with Crippen molar-refractivity contribution in [2.24, 2.45) is 5.92 Å². The van der Waals surface area contributed by atoms with Crippen molar-refractivity contribution in [2.75, 3.05) is 0 Å². The Bertz CT molecular complexity index is 85.1. The van der Waals surface area contributed by atoms with Gasteiger partial charge in [-0.1, -0.05) is 64.7 Å². The molecule has 0 aliphatic heterocycles. The normalized spacial score (nSPS) is 16.4. The molecule has 0 amide bonds. The Labute approximate surface area is 128 Å². The molecule has 0 spiro atoms. The zero-order valence-electron chi connectivity index (χ0n) is 9.94. The molecule has 0 aromatic heterocycles. The fourth-order valence-electron chi connectivity index (χ4n) is 2.16. The Morgan fingerprint density at radius 2 is 1.62 bits per heavy atom. The quantitative estimate of drug-likeness (QED) is 0.366. The van der Waals surface area contributed by atoms with Crippen LogP contribution in [0.1, 0.15) is 64.7 Å². The third kappa shape index (κ3) is 8.62. The van der Waals surface area contributed by atoms with Crippen molar-refractivity contribution in [3.05, 3.63) is 7.43 Å². The zero-order chi connectivity index (χ0) is 7.94. The first-order valence-corrected chi connectivity index (χ1v) is 5.43. The predicted molar refractivity (Wildman–Crippen MR) is 57.1 cm³/mol. The van der Waals surface area contributed by atoms with Gasteiger partial charge in [0, 0.05) is 0 Å². The Hall–Kier alpha value is 1.64. The van der Waals surface area contributed by atoms with E-state index in [0.29, 0.717) is 0 Å². The minimum Gasteiger partial charge on any atom is -0.358 e. The first-order chi connectivity index (χ1) is 5.43. The van der Waals surface area contributed by atoms with Gasteiger partial charge in [-0.3, -0.25) is 0 Å². The summed E-state index contributed by atoms with van der Waals surface area (Å²) in [4.78, 5) is 0. The van der Waals surface area contributed by atoms with Gasteiger partial charge in [-0.05, 0) is 5.92 Å². The molecule has 0 aromatic rings. The van der Waals surface area contributed by atoms with Gasteiger partial charge in [-0.25, -0.2) is 0 Å². The van der Waals surface area contributed by atoms with Crippen LogP contribution in [0.4, 0.5) is 0 Å². The van der Waals surface area contributed by atoms with Gasteiger partial charge < -0.3 is 7.43 Å². The molecule has 0 radical (unpaired) electrons. The van der Waals surface area contributed by atoms with Gasteiger partial charge in [0.25, 0.3) is 0 Å². The summed E-state index contributed by atoms with van der Waals surface area (Å²) < 4.78 is 0. The van der Waals surface area contributed by atoms with Gasteiger partial charge in [0.2, 0.25) is 0 Å². The third-order valence-corrected chi connectivity index (χ3v) is 2.94. The van der Waals surface area contributed by atoms with Crippen LogP contribution in [-0.4, -0.2) is 0 Å². The van der Waals surface area contributed by atoms with Gasteiger partial charge >= 0.3 is 51.4 Å². The molecule has 1 saturated carbocycles. The van der Waals surface area contributed by atoms with E-state index in [1.54, 1.807) is 0 Å². The maximum atomic E-state index is 2.29. The van der Waals surface area contributed by atoms with Crippen LogP contribution in [0.25, 0.3) is 0 Å². The van der Waals surface area contributed by atoms with E-state index in [-0.39, 0.29) is 58.8 Å². The largest absolute Gasteiger partial charge is 1.00 e. The number of hydrogen-bond acceptors (Lipinski definition) is 0. The van der Waals surface area contributed by atoms with Crippen molar-refractivity contribution in [3.63, 3.8) is 0 Å². The van der Waals surface area contributed by atoms with Crippen LogP contribution >= 0.6 is 0 Å². The van der Waals surface area contributed by atoms with Crippen molar-refractivity contribution >= 4 is 0 Å². The van der Waals surface area contributed by atoms with E-state index in [1.807, 2.05) is 0 Å². The Morgan fingerprint density at radius 1 is 1.00 bits per heavy atom. The Kier molecular flexibility index (Phi) is 15.4. The summed E-state index contributed by atoms with van der Waals surface area (Å²) in [5.74, 6) is 1.12. The SMILES string of the molecule is CCCCCCC1CCCC1.[CH3-].[K+]. The van der Waals surface area contributed by atoms with E-state index >= 15 is 0 Å². The van der Waals surface area contributed by atoms with Crippen LogP contribution in [0.2, 0.25) is 0 Å². The molecule has 13 heavy (non-hydrogen) atoms. The van der Waals surface area contributed by atoms with Crippen LogP contribution < -0.4 is 51.4 Å². The molecule has 0 unspecified atom stereocenters. The average molecular weight is 208 g/mol. The van der Waals surface area contributed by atoms with Crippen LogP contribution in [0.5, 0.6) is 0 Å². The minimum atomic E-state index is 0. The van der Waals surface area contributed by atoms with E-state index < -0.39 is 0 Å². The smallest absolute Gasteiger partial charge is 0.358 e. The summed E-state index contributed by atoms with van der Waals surface area (Å²) in [6.07, 6.45) is 13.4. The van der Waals surface area contributed by atoms with Crippen molar-refractivity contribution in [1.29, 1.82) is 0 Å². The van der Waals surface area contributed by atoms with E-state index in [9.17, 15) is 0 Å². The number of unbranched alkanes of at least 4 members (excludes halogenated alkanes) is 3. The molecule has 1 heteroatoms. The molecule has 0 atom stereocenters. The summed E-state index contributed by atoms with van der Waals surface area (Å²) in [6.45, 7) is 2.29. The first-order valence-electron chi connectivity index (χ1n) is 5.43. The molecule has 1 rings (SSSR count). The zero-order valence-corrected chi connectivity index (χ0v) is 13.1. The summed E-state index contributed by atoms with van der Waals surface area (Å²) in [7, 11) is 0. The van der Waals surface area contributed by atoms with Crippen molar-refractivity contribution in [1.82, 2.24) is 0 Å². The van der Waals surface area contributed by atoms with Gasteiger partial charge in [0.1, 0.15) is 0 Å². The molecule has 0 bridgehead atoms. The Morgan fingerprint density at radius 3 is 2.15 bits per heavy atom. The van der Waals surface area contributed by atoms with Crippen LogP contribution in [-0.2, 0) is 0 Å². The molecule has 0 saturated heterocycles. The van der Waals surface area contributed by atoms with E-state index in [0.717, 1.165) is 5.92 Å². The predicted octanol–water partition coefficient (Wildman–Crippen LogP) is 1.60. The summed E-state index contributed by atoms with van der Waals surface area (Å²) in [5.41, 5.74) is 0. The molecule has 0 heterocycles. The molecule has 1 fully saturated rings. The van der Waals surface area contributed by atoms with Gasteiger partial charge in [-0.2, -0.15) is 0 Å². The van der Waals surface area contributed by atoms with Gasteiger partial charge in [0.15, 0.2) is 0 Å². The molecule has 1 aliphatic carbocycles. The fraction of sp³-hybridized carbons (Fsp3) is 0.917. The molecule has 0 aromatic carbocycles. The van der Waals surface area contributed by atoms with Crippen LogP contribution in [0.15, 0.2) is 0 Å². The summed E-state index contributed by atoms with van der Waals surface area (Å²) in [6, 6.07) is 0. The minimum absolute atomic E-state index is 0. The van der Waals surface area contributed by atoms with Gasteiger partial charge in [0.05, 0.1) is 0 Å². The molecular formula is C12H25K. The molecule has 74 valence electrons. The topological polar surface area (TPSA) is 0 Å². The van der Waals surface area contributed by atoms with Crippen LogP contribution in [0, 0.1) is 13.3 Å². The second-order valence-corrected chi connectivity index (χ2v) is 4.00. The van der Waals surface area contributed by atoms with Crippen molar-refractivity contribution < 1.29 is 51.4 Å². The molecular weight excluding hydrogens is 183 g/mol. The molecule has 0 N–H and O–H groups in total. The fourth-order valence-corrected chi connectivity index (χ4v) is 2.16. The number of hydrogen-bond donors (Lipinski definition) is 0. The van der Waals surface area contributed by atoms with Crippen molar-refractivity contribution in [2.45, 2.75) is 64.7 Å². The van der Waals surface area contributed by atoms with Crippen molar-refractivity contribution in [3.8, 4) is 0 Å².